The van der Waals surface area contributed by atoms with Gasteiger partial charge in [0.1, 0.15) is 11.4 Å². The molecule has 25 heavy (non-hydrogen) atoms. The molecule has 2 atom stereocenters. The second-order valence-corrected chi connectivity index (χ2v) is 7.13. The third-order valence-corrected chi connectivity index (χ3v) is 5.65. The molecule has 0 unspecified atom stereocenters. The van der Waals surface area contributed by atoms with Gasteiger partial charge in [-0.05, 0) is 18.6 Å². The number of carbonyl (C=O) groups is 2. The highest BCUT2D eigenvalue weighted by Crippen LogP contribution is 2.42. The Labute approximate surface area is 149 Å². The minimum absolute atomic E-state index is 0.0147. The predicted octanol–water partition coefficient (Wildman–Crippen LogP) is 1.20. The molecule has 2 amide bonds. The average Bonchev–Trinajstić information content (AvgIpc) is 3.37. The molecule has 0 radical (unpaired) electrons. The quantitative estimate of drug-likeness (QED) is 0.888. The van der Waals surface area contributed by atoms with Gasteiger partial charge >= 0.3 is 0 Å². The highest BCUT2D eigenvalue weighted by Gasteiger charge is 2.55. The molecule has 2 saturated heterocycles. The van der Waals surface area contributed by atoms with E-state index in [0.717, 1.165) is 0 Å². The number of carbonyl (C=O) groups excluding carboxylic acids is 2. The number of hydrogen-bond donors (Lipinski definition) is 1. The summed E-state index contributed by atoms with van der Waals surface area (Å²) in [6, 6.07) is 3.66. The van der Waals surface area contributed by atoms with E-state index in [-0.39, 0.29) is 17.7 Å². The van der Waals surface area contributed by atoms with Crippen molar-refractivity contribution in [2.75, 3.05) is 26.2 Å². The standard InChI is InChI=1S/C17H18N4O3S/c22-15(14-9-25-11-20-14)21-5-3-17(10-21)12(6-19-16(17)23)8-24-13-2-1-4-18-7-13/h1-2,4,7,9,11-12H,3,5-6,8,10H2,(H,19,23)/t12-,17-/m0/s1. The van der Waals surface area contributed by atoms with Crippen LogP contribution in [-0.2, 0) is 4.79 Å². The molecule has 0 saturated carbocycles. The number of hydrogen-bond acceptors (Lipinski definition) is 6. The van der Waals surface area contributed by atoms with Gasteiger partial charge in [0.05, 0.1) is 23.7 Å². The topological polar surface area (TPSA) is 84.4 Å². The number of nitrogens with one attached hydrogen (secondary N) is 1. The van der Waals surface area contributed by atoms with Gasteiger partial charge in [0.2, 0.25) is 5.91 Å². The number of aromatic nitrogens is 2. The van der Waals surface area contributed by atoms with Gasteiger partial charge in [0.25, 0.3) is 5.91 Å². The molecule has 0 bridgehead atoms. The summed E-state index contributed by atoms with van der Waals surface area (Å²) >= 11 is 1.39. The van der Waals surface area contributed by atoms with Crippen LogP contribution in [0.25, 0.3) is 0 Å². The third kappa shape index (κ3) is 2.86. The zero-order valence-electron chi connectivity index (χ0n) is 13.6. The Morgan fingerprint density at radius 1 is 1.52 bits per heavy atom. The number of pyridine rings is 1. The van der Waals surface area contributed by atoms with Crippen molar-refractivity contribution in [3.63, 3.8) is 0 Å². The van der Waals surface area contributed by atoms with E-state index < -0.39 is 5.41 Å². The molecular formula is C17H18N4O3S. The van der Waals surface area contributed by atoms with E-state index in [1.807, 2.05) is 12.1 Å². The number of thiazole rings is 1. The fourth-order valence-corrected chi connectivity index (χ4v) is 4.15. The van der Waals surface area contributed by atoms with Crippen molar-refractivity contribution >= 4 is 23.2 Å². The van der Waals surface area contributed by atoms with Crippen molar-refractivity contribution in [3.8, 4) is 5.75 Å². The summed E-state index contributed by atoms with van der Waals surface area (Å²) in [5.74, 6) is 0.615. The van der Waals surface area contributed by atoms with E-state index in [2.05, 4.69) is 15.3 Å². The number of ether oxygens (including phenoxy) is 1. The van der Waals surface area contributed by atoms with E-state index in [0.29, 0.717) is 44.1 Å². The maximum Gasteiger partial charge on any atom is 0.273 e. The lowest BCUT2D eigenvalue weighted by Gasteiger charge is -2.27. The number of likely N-dealkylation sites (tertiary alicyclic amines) is 1. The predicted molar refractivity (Wildman–Crippen MR) is 91.3 cm³/mol. The molecule has 1 N–H and O–H groups in total. The molecule has 2 aliphatic rings. The van der Waals surface area contributed by atoms with Gasteiger partial charge in [-0.15, -0.1) is 11.3 Å². The van der Waals surface area contributed by atoms with E-state index in [4.69, 9.17) is 4.74 Å². The molecule has 0 aliphatic carbocycles. The van der Waals surface area contributed by atoms with Crippen LogP contribution in [-0.4, -0.2) is 52.9 Å². The SMILES string of the molecule is O=C(c1cscn1)N1CC[C@@]2(C1)C(=O)NC[C@H]2COc1cccnc1. The molecule has 2 aliphatic heterocycles. The number of nitrogens with zero attached hydrogens (tertiary/aromatic N) is 3. The molecule has 2 aromatic heterocycles. The number of rotatable bonds is 4. The van der Waals surface area contributed by atoms with Crippen LogP contribution in [0.5, 0.6) is 5.75 Å². The molecule has 1 spiro atoms. The normalized spacial score (nSPS) is 25.4. The van der Waals surface area contributed by atoms with Crippen LogP contribution in [0.2, 0.25) is 0 Å². The van der Waals surface area contributed by atoms with Crippen molar-refractivity contribution < 1.29 is 14.3 Å². The molecule has 4 heterocycles. The molecular weight excluding hydrogens is 340 g/mol. The molecule has 7 nitrogen and oxygen atoms in total. The fraction of sp³-hybridized carbons (Fsp3) is 0.412. The van der Waals surface area contributed by atoms with Gasteiger partial charge in [-0.1, -0.05) is 0 Å². The first kappa shape index (κ1) is 16.0. The lowest BCUT2D eigenvalue weighted by Crippen LogP contribution is -2.41. The van der Waals surface area contributed by atoms with Crippen LogP contribution in [0, 0.1) is 11.3 Å². The Morgan fingerprint density at radius 3 is 3.20 bits per heavy atom. The summed E-state index contributed by atoms with van der Waals surface area (Å²) in [6.07, 6.45) is 3.99. The summed E-state index contributed by atoms with van der Waals surface area (Å²) in [5, 5.41) is 4.69. The monoisotopic (exact) mass is 358 g/mol. The first-order chi connectivity index (χ1) is 12.2. The Balaban J connectivity index is 1.47. The average molecular weight is 358 g/mol. The Hall–Kier alpha value is -2.48. The smallest absolute Gasteiger partial charge is 0.273 e. The fourth-order valence-electron chi connectivity index (χ4n) is 3.63. The molecule has 2 fully saturated rings. The summed E-state index contributed by atoms with van der Waals surface area (Å²) in [7, 11) is 0. The van der Waals surface area contributed by atoms with E-state index >= 15 is 0 Å². The second-order valence-electron chi connectivity index (χ2n) is 6.41. The minimum Gasteiger partial charge on any atom is -0.492 e. The highest BCUT2D eigenvalue weighted by atomic mass is 32.1. The van der Waals surface area contributed by atoms with Crippen LogP contribution < -0.4 is 10.1 Å². The summed E-state index contributed by atoms with van der Waals surface area (Å²) in [6.45, 7) is 1.96. The van der Waals surface area contributed by atoms with Gasteiger partial charge in [-0.2, -0.15) is 0 Å². The zero-order valence-corrected chi connectivity index (χ0v) is 14.4. The largest absolute Gasteiger partial charge is 0.492 e. The van der Waals surface area contributed by atoms with Crippen molar-refractivity contribution in [3.05, 3.63) is 41.1 Å². The summed E-state index contributed by atoms with van der Waals surface area (Å²) in [5.41, 5.74) is 1.52. The van der Waals surface area contributed by atoms with Crippen molar-refractivity contribution in [1.82, 2.24) is 20.2 Å². The van der Waals surface area contributed by atoms with Crippen LogP contribution in [0.1, 0.15) is 16.9 Å². The van der Waals surface area contributed by atoms with Crippen LogP contribution in [0.4, 0.5) is 0 Å². The maximum absolute atomic E-state index is 12.5. The molecule has 0 aromatic carbocycles. The zero-order chi connectivity index (χ0) is 17.3. The van der Waals surface area contributed by atoms with Crippen molar-refractivity contribution in [2.45, 2.75) is 6.42 Å². The van der Waals surface area contributed by atoms with Crippen LogP contribution in [0.15, 0.2) is 35.4 Å². The van der Waals surface area contributed by atoms with E-state index in [9.17, 15) is 9.59 Å². The minimum atomic E-state index is -0.576. The van der Waals surface area contributed by atoms with Gasteiger partial charge < -0.3 is 15.0 Å². The Morgan fingerprint density at radius 2 is 2.44 bits per heavy atom. The van der Waals surface area contributed by atoms with E-state index in [1.54, 1.807) is 28.2 Å². The lowest BCUT2D eigenvalue weighted by atomic mass is 9.77. The third-order valence-electron chi connectivity index (χ3n) is 5.07. The molecule has 8 heteroatoms. The van der Waals surface area contributed by atoms with Crippen molar-refractivity contribution in [1.29, 1.82) is 0 Å². The molecule has 4 rings (SSSR count). The first-order valence-electron chi connectivity index (χ1n) is 8.18. The Kier molecular flexibility index (Phi) is 4.12. The van der Waals surface area contributed by atoms with Gasteiger partial charge in [0.15, 0.2) is 0 Å². The number of amides is 2. The summed E-state index contributed by atoms with van der Waals surface area (Å²) < 4.78 is 5.82. The second kappa shape index (κ2) is 6.44. The van der Waals surface area contributed by atoms with E-state index in [1.165, 1.54) is 11.3 Å². The molecule has 2 aromatic rings. The van der Waals surface area contributed by atoms with Gasteiger partial charge in [-0.3, -0.25) is 14.6 Å². The maximum atomic E-state index is 12.5. The Bertz CT molecular complexity index is 767. The molecule has 130 valence electrons. The first-order valence-corrected chi connectivity index (χ1v) is 9.12. The van der Waals surface area contributed by atoms with Crippen molar-refractivity contribution in [2.24, 2.45) is 11.3 Å². The highest BCUT2D eigenvalue weighted by molar-refractivity contribution is 7.07. The summed E-state index contributed by atoms with van der Waals surface area (Å²) in [4.78, 5) is 34.9. The van der Waals surface area contributed by atoms with Crippen LogP contribution in [0.3, 0.4) is 0 Å². The van der Waals surface area contributed by atoms with Gasteiger partial charge in [-0.25, -0.2) is 4.98 Å². The van der Waals surface area contributed by atoms with Crippen LogP contribution >= 0.6 is 11.3 Å². The lowest BCUT2D eigenvalue weighted by molar-refractivity contribution is -0.128. The van der Waals surface area contributed by atoms with Gasteiger partial charge in [0, 0.05) is 37.1 Å².